The van der Waals surface area contributed by atoms with Gasteiger partial charge in [-0.2, -0.15) is 5.26 Å². The van der Waals surface area contributed by atoms with Crippen LogP contribution in [0.2, 0.25) is 0 Å². The second kappa shape index (κ2) is 12.0. The number of methoxy groups -OCH3 is 1. The highest BCUT2D eigenvalue weighted by atomic mass is 16.5. The van der Waals surface area contributed by atoms with Crippen LogP contribution in [0.4, 0.5) is 10.5 Å². The van der Waals surface area contributed by atoms with E-state index in [2.05, 4.69) is 16.0 Å². The molecule has 0 saturated carbocycles. The maximum atomic E-state index is 12.8. The van der Waals surface area contributed by atoms with Crippen molar-refractivity contribution in [1.29, 1.82) is 5.26 Å². The number of rotatable bonds is 9. The van der Waals surface area contributed by atoms with Gasteiger partial charge in [-0.3, -0.25) is 4.79 Å². The molecule has 1 aliphatic rings. The molecule has 11 heteroatoms. The Labute approximate surface area is 207 Å². The van der Waals surface area contributed by atoms with Crippen LogP contribution >= 0.6 is 0 Å². The lowest BCUT2D eigenvalue weighted by Crippen LogP contribution is -2.47. The van der Waals surface area contributed by atoms with Gasteiger partial charge in [0.25, 0.3) is 0 Å². The fourth-order valence-electron chi connectivity index (χ4n) is 3.42. The Kier molecular flexibility index (Phi) is 8.61. The molecule has 36 heavy (non-hydrogen) atoms. The molecule has 1 heterocycles. The van der Waals surface area contributed by atoms with E-state index in [9.17, 15) is 19.2 Å². The van der Waals surface area contributed by atoms with Crippen LogP contribution in [0.3, 0.4) is 0 Å². The molecule has 0 saturated heterocycles. The number of nitrogens with zero attached hydrogens (tertiary/aromatic N) is 1. The fourth-order valence-corrected chi connectivity index (χ4v) is 3.42. The van der Waals surface area contributed by atoms with E-state index >= 15 is 0 Å². The van der Waals surface area contributed by atoms with Crippen molar-refractivity contribution >= 4 is 29.6 Å². The summed E-state index contributed by atoms with van der Waals surface area (Å²) in [7, 11) is 1.52. The van der Waals surface area contributed by atoms with Gasteiger partial charge in [0.05, 0.1) is 42.7 Å². The summed E-state index contributed by atoms with van der Waals surface area (Å²) in [6, 6.07) is 13.0. The molecular weight excluding hydrogens is 468 g/mol. The first-order chi connectivity index (χ1) is 17.4. The Morgan fingerprint density at radius 2 is 1.72 bits per heavy atom. The first-order valence-electron chi connectivity index (χ1n) is 10.9. The van der Waals surface area contributed by atoms with Crippen molar-refractivity contribution in [1.82, 2.24) is 10.6 Å². The molecule has 0 aliphatic carbocycles. The molecule has 0 bridgehead atoms. The zero-order valence-electron chi connectivity index (χ0n) is 19.6. The minimum Gasteiger partial charge on any atom is -0.497 e. The normalized spacial score (nSPS) is 14.6. The Balaban J connectivity index is 1.81. The number of esters is 2. The Hall–Kier alpha value is -4.85. The van der Waals surface area contributed by atoms with Crippen LogP contribution in [-0.2, 0) is 19.1 Å². The fraction of sp³-hybridized carbons (Fsp3) is 0.240. The van der Waals surface area contributed by atoms with Crippen LogP contribution in [0.15, 0.2) is 59.8 Å². The summed E-state index contributed by atoms with van der Waals surface area (Å²) in [5.41, 5.74) is 1.38. The predicted octanol–water partition coefficient (Wildman–Crippen LogP) is 2.58. The van der Waals surface area contributed by atoms with Crippen molar-refractivity contribution in [3.8, 4) is 11.8 Å². The zero-order chi connectivity index (χ0) is 26.1. The molecule has 1 unspecified atom stereocenters. The highest BCUT2D eigenvalue weighted by Crippen LogP contribution is 2.29. The average molecular weight is 492 g/mol. The van der Waals surface area contributed by atoms with Gasteiger partial charge in [-0.15, -0.1) is 0 Å². The largest absolute Gasteiger partial charge is 0.497 e. The molecule has 186 valence electrons. The van der Waals surface area contributed by atoms with Crippen molar-refractivity contribution in [2.75, 3.05) is 25.6 Å². The van der Waals surface area contributed by atoms with E-state index in [1.807, 2.05) is 0 Å². The molecule has 0 fully saturated rings. The lowest BCUT2D eigenvalue weighted by molar-refractivity contribution is -0.139. The molecule has 3 amide bonds. The predicted molar refractivity (Wildman–Crippen MR) is 127 cm³/mol. The standard InChI is InChI=1S/C25H24N4O7/c1-3-35-24(32)21-19(28-25(33)29-22(21)15-6-10-18(34-2)11-7-15)14-36-23(31)16-4-8-17(9-5-16)27-20(30)12-13-26/h4-11,22H,3,12,14H2,1-2H3,(H,27,30)(H2,28,29,33). The smallest absolute Gasteiger partial charge is 0.338 e. The Morgan fingerprint density at radius 3 is 2.33 bits per heavy atom. The van der Waals surface area contributed by atoms with E-state index in [-0.39, 0.29) is 29.9 Å². The van der Waals surface area contributed by atoms with Gasteiger partial charge in [0.15, 0.2) is 0 Å². The number of carbonyl (C=O) groups excluding carboxylic acids is 4. The topological polar surface area (TPSA) is 156 Å². The number of hydrogen-bond acceptors (Lipinski definition) is 8. The van der Waals surface area contributed by atoms with Gasteiger partial charge in [0, 0.05) is 5.69 Å². The van der Waals surface area contributed by atoms with E-state index in [1.165, 1.54) is 31.4 Å². The minimum absolute atomic E-state index is 0.0896. The van der Waals surface area contributed by atoms with Gasteiger partial charge in [-0.1, -0.05) is 12.1 Å². The van der Waals surface area contributed by atoms with E-state index in [4.69, 9.17) is 19.5 Å². The molecular formula is C25H24N4O7. The van der Waals surface area contributed by atoms with Crippen molar-refractivity contribution in [2.24, 2.45) is 0 Å². The molecule has 0 aromatic heterocycles. The Bertz CT molecular complexity index is 1210. The van der Waals surface area contributed by atoms with Crippen molar-refractivity contribution < 1.29 is 33.4 Å². The number of ether oxygens (including phenoxy) is 3. The molecule has 2 aromatic carbocycles. The van der Waals surface area contributed by atoms with E-state index in [0.29, 0.717) is 17.0 Å². The first-order valence-corrected chi connectivity index (χ1v) is 10.9. The van der Waals surface area contributed by atoms with E-state index in [1.54, 1.807) is 37.3 Å². The van der Waals surface area contributed by atoms with Gasteiger partial charge in [0.1, 0.15) is 18.8 Å². The molecule has 0 radical (unpaired) electrons. The third-order valence-electron chi connectivity index (χ3n) is 5.09. The summed E-state index contributed by atoms with van der Waals surface area (Å²) < 4.78 is 15.7. The minimum atomic E-state index is -0.839. The molecule has 1 atom stereocenters. The third kappa shape index (κ3) is 6.38. The maximum absolute atomic E-state index is 12.8. The Morgan fingerprint density at radius 1 is 1.03 bits per heavy atom. The number of benzene rings is 2. The monoisotopic (exact) mass is 492 g/mol. The van der Waals surface area contributed by atoms with Gasteiger partial charge in [-0.25, -0.2) is 14.4 Å². The van der Waals surface area contributed by atoms with Crippen molar-refractivity contribution in [3.05, 3.63) is 70.9 Å². The number of nitrogens with one attached hydrogen (secondary N) is 3. The van der Waals surface area contributed by atoms with Crippen LogP contribution in [0, 0.1) is 11.3 Å². The second-order valence-corrected chi connectivity index (χ2v) is 7.45. The highest BCUT2D eigenvalue weighted by molar-refractivity contribution is 5.96. The molecule has 3 N–H and O–H groups in total. The van der Waals surface area contributed by atoms with Crippen LogP contribution in [-0.4, -0.2) is 44.2 Å². The van der Waals surface area contributed by atoms with Crippen molar-refractivity contribution in [3.63, 3.8) is 0 Å². The summed E-state index contributed by atoms with van der Waals surface area (Å²) in [4.78, 5) is 49.3. The molecule has 2 aromatic rings. The SMILES string of the molecule is CCOC(=O)C1=C(COC(=O)c2ccc(NC(=O)CC#N)cc2)NC(=O)NC1c1ccc(OC)cc1. The number of amides is 3. The van der Waals surface area contributed by atoms with Gasteiger partial charge >= 0.3 is 18.0 Å². The van der Waals surface area contributed by atoms with Gasteiger partial charge in [-0.05, 0) is 48.9 Å². The number of hydrogen-bond donors (Lipinski definition) is 3. The van der Waals surface area contributed by atoms with Gasteiger partial charge < -0.3 is 30.2 Å². The summed E-state index contributed by atoms with van der Waals surface area (Å²) in [6.07, 6.45) is -0.292. The lowest BCUT2D eigenvalue weighted by atomic mass is 9.95. The highest BCUT2D eigenvalue weighted by Gasteiger charge is 2.34. The maximum Gasteiger partial charge on any atom is 0.338 e. The molecule has 11 nitrogen and oxygen atoms in total. The number of carbonyl (C=O) groups is 4. The lowest BCUT2D eigenvalue weighted by Gasteiger charge is -2.29. The van der Waals surface area contributed by atoms with Crippen LogP contribution < -0.4 is 20.7 Å². The first kappa shape index (κ1) is 25.8. The zero-order valence-corrected chi connectivity index (χ0v) is 19.6. The third-order valence-corrected chi connectivity index (χ3v) is 5.09. The van der Waals surface area contributed by atoms with E-state index in [0.717, 1.165) is 0 Å². The number of nitriles is 1. The van der Waals surface area contributed by atoms with E-state index < -0.39 is 36.5 Å². The van der Waals surface area contributed by atoms with Gasteiger partial charge in [0.2, 0.25) is 5.91 Å². The number of anilines is 1. The summed E-state index contributed by atoms with van der Waals surface area (Å²) in [6.45, 7) is 1.37. The van der Waals surface area contributed by atoms with Crippen molar-refractivity contribution in [2.45, 2.75) is 19.4 Å². The summed E-state index contributed by atoms with van der Waals surface area (Å²) in [5, 5.41) is 16.3. The number of urea groups is 1. The summed E-state index contributed by atoms with van der Waals surface area (Å²) in [5.74, 6) is -1.26. The molecule has 1 aliphatic heterocycles. The van der Waals surface area contributed by atoms with Crippen LogP contribution in [0.5, 0.6) is 5.75 Å². The molecule has 3 rings (SSSR count). The second-order valence-electron chi connectivity index (χ2n) is 7.45. The average Bonchev–Trinajstić information content (AvgIpc) is 2.87. The van der Waals surface area contributed by atoms with Crippen LogP contribution in [0.25, 0.3) is 0 Å². The molecule has 0 spiro atoms. The quantitative estimate of drug-likeness (QED) is 0.451. The summed E-state index contributed by atoms with van der Waals surface area (Å²) >= 11 is 0. The van der Waals surface area contributed by atoms with Crippen LogP contribution in [0.1, 0.15) is 35.3 Å².